The molecule has 1 aromatic heterocycles. The summed E-state index contributed by atoms with van der Waals surface area (Å²) in [6.07, 6.45) is 1.24. The first kappa shape index (κ1) is 19.7. The summed E-state index contributed by atoms with van der Waals surface area (Å²) in [7, 11) is 1.68. The van der Waals surface area contributed by atoms with Crippen LogP contribution in [0.25, 0.3) is 0 Å². The van der Waals surface area contributed by atoms with E-state index in [2.05, 4.69) is 36.8 Å². The topological polar surface area (TPSA) is 62.7 Å². The van der Waals surface area contributed by atoms with E-state index in [4.69, 9.17) is 4.74 Å². The van der Waals surface area contributed by atoms with Crippen LogP contribution in [0.2, 0.25) is 0 Å². The highest BCUT2D eigenvalue weighted by atomic mass is 79.9. The SMILES string of the molecule is CN1CC(OC(=O)CCSc2ccc(Br)cc2)N(c2ncc(Br)s2)C1=O. The lowest BCUT2D eigenvalue weighted by Crippen LogP contribution is -2.37. The average molecular weight is 521 g/mol. The van der Waals surface area contributed by atoms with Crippen LogP contribution in [-0.4, -0.2) is 47.5 Å². The van der Waals surface area contributed by atoms with Crippen molar-refractivity contribution < 1.29 is 14.3 Å². The Morgan fingerprint density at radius 2 is 2.12 bits per heavy atom. The van der Waals surface area contributed by atoms with Gasteiger partial charge in [-0.05, 0) is 40.2 Å². The number of anilines is 1. The van der Waals surface area contributed by atoms with Crippen molar-refractivity contribution in [3.63, 3.8) is 0 Å². The van der Waals surface area contributed by atoms with Crippen LogP contribution >= 0.6 is 55.0 Å². The summed E-state index contributed by atoms with van der Waals surface area (Å²) >= 11 is 9.64. The number of esters is 1. The predicted octanol–water partition coefficient (Wildman–Crippen LogP) is 4.59. The van der Waals surface area contributed by atoms with Gasteiger partial charge in [-0.2, -0.15) is 0 Å². The molecule has 1 unspecified atom stereocenters. The van der Waals surface area contributed by atoms with Crippen molar-refractivity contribution in [2.45, 2.75) is 17.5 Å². The molecule has 0 bridgehead atoms. The second kappa shape index (κ2) is 8.73. The van der Waals surface area contributed by atoms with Gasteiger partial charge in [0.25, 0.3) is 0 Å². The fourth-order valence-corrected chi connectivity index (χ4v) is 4.66. The van der Waals surface area contributed by atoms with Gasteiger partial charge in [-0.3, -0.25) is 4.79 Å². The molecule has 1 aliphatic heterocycles. The summed E-state index contributed by atoms with van der Waals surface area (Å²) in [6, 6.07) is 7.68. The standard InChI is InChI=1S/C16H15Br2N3O3S2/c1-20-9-13(21(16(20)23)15-19-8-12(18)26-15)24-14(22)6-7-25-11-4-2-10(17)3-5-11/h2-5,8,13H,6-7,9H2,1H3. The molecule has 0 saturated carbocycles. The number of hydrogen-bond acceptors (Lipinski definition) is 6. The van der Waals surface area contributed by atoms with Gasteiger partial charge in [0.1, 0.15) is 0 Å². The summed E-state index contributed by atoms with van der Waals surface area (Å²) in [6.45, 7) is 0.321. The number of urea groups is 1. The molecule has 1 atom stereocenters. The van der Waals surface area contributed by atoms with Crippen LogP contribution in [0.15, 0.2) is 43.6 Å². The highest BCUT2D eigenvalue weighted by Gasteiger charge is 2.40. The van der Waals surface area contributed by atoms with Crippen LogP contribution in [0, 0.1) is 0 Å². The number of carbonyl (C=O) groups is 2. The number of rotatable bonds is 6. The van der Waals surface area contributed by atoms with Gasteiger partial charge in [0, 0.05) is 22.2 Å². The number of thiazole rings is 1. The molecular formula is C16H15Br2N3O3S2. The van der Waals surface area contributed by atoms with E-state index >= 15 is 0 Å². The summed E-state index contributed by atoms with van der Waals surface area (Å²) in [5.41, 5.74) is 0. The van der Waals surface area contributed by atoms with Crippen molar-refractivity contribution >= 4 is 72.1 Å². The molecule has 1 fully saturated rings. The van der Waals surface area contributed by atoms with Crippen molar-refractivity contribution in [1.29, 1.82) is 0 Å². The molecule has 2 aromatic rings. The zero-order chi connectivity index (χ0) is 18.7. The quantitative estimate of drug-likeness (QED) is 0.411. The number of ether oxygens (including phenoxy) is 1. The summed E-state index contributed by atoms with van der Waals surface area (Å²) in [5, 5.41) is 0.508. The molecule has 2 heterocycles. The average Bonchev–Trinajstić information content (AvgIpc) is 3.13. The van der Waals surface area contributed by atoms with Gasteiger partial charge >= 0.3 is 12.0 Å². The van der Waals surface area contributed by atoms with Gasteiger partial charge in [0.15, 0.2) is 5.13 Å². The van der Waals surface area contributed by atoms with E-state index in [-0.39, 0.29) is 18.4 Å². The smallest absolute Gasteiger partial charge is 0.329 e. The van der Waals surface area contributed by atoms with E-state index < -0.39 is 6.23 Å². The van der Waals surface area contributed by atoms with Crippen LogP contribution < -0.4 is 4.90 Å². The Bertz CT molecular complexity index is 800. The maximum Gasteiger partial charge on any atom is 0.329 e. The first-order chi connectivity index (χ1) is 12.4. The Labute approximate surface area is 176 Å². The van der Waals surface area contributed by atoms with Gasteiger partial charge in [-0.25, -0.2) is 14.7 Å². The zero-order valence-corrected chi connectivity index (χ0v) is 18.5. The Morgan fingerprint density at radius 1 is 1.38 bits per heavy atom. The number of thioether (sulfide) groups is 1. The minimum Gasteiger partial charge on any atom is -0.439 e. The minimum atomic E-state index is -0.657. The molecule has 2 amide bonds. The van der Waals surface area contributed by atoms with Crippen LogP contribution in [-0.2, 0) is 9.53 Å². The van der Waals surface area contributed by atoms with Gasteiger partial charge < -0.3 is 9.64 Å². The summed E-state index contributed by atoms with van der Waals surface area (Å²) in [4.78, 5) is 32.8. The zero-order valence-electron chi connectivity index (χ0n) is 13.7. The normalized spacial score (nSPS) is 17.0. The molecule has 0 spiro atoms. The maximum atomic E-state index is 12.3. The lowest BCUT2D eigenvalue weighted by molar-refractivity contribution is -0.147. The molecular weight excluding hydrogens is 506 g/mol. The number of hydrogen-bond donors (Lipinski definition) is 0. The van der Waals surface area contributed by atoms with Crippen molar-refractivity contribution in [3.05, 3.63) is 38.7 Å². The third-order valence-corrected chi connectivity index (χ3v) is 6.60. The molecule has 6 nitrogen and oxygen atoms in total. The van der Waals surface area contributed by atoms with Gasteiger partial charge in [-0.15, -0.1) is 11.8 Å². The largest absolute Gasteiger partial charge is 0.439 e. The fourth-order valence-electron chi connectivity index (χ4n) is 2.35. The lowest BCUT2D eigenvalue weighted by atomic mass is 10.4. The van der Waals surface area contributed by atoms with Crippen molar-refractivity contribution in [2.24, 2.45) is 0 Å². The molecule has 0 aliphatic carbocycles. The molecule has 10 heteroatoms. The fraction of sp³-hybridized carbons (Fsp3) is 0.312. The molecule has 1 saturated heterocycles. The van der Waals surface area contributed by atoms with E-state index in [0.29, 0.717) is 17.4 Å². The number of carbonyl (C=O) groups excluding carboxylic acids is 2. The molecule has 1 aromatic carbocycles. The maximum absolute atomic E-state index is 12.3. The Balaban J connectivity index is 1.55. The molecule has 0 radical (unpaired) electrons. The van der Waals surface area contributed by atoms with E-state index in [1.165, 1.54) is 21.1 Å². The third kappa shape index (κ3) is 4.79. The van der Waals surface area contributed by atoms with Crippen molar-refractivity contribution in [1.82, 2.24) is 9.88 Å². The highest BCUT2D eigenvalue weighted by molar-refractivity contribution is 9.11. The Hall–Kier alpha value is -1.10. The number of halogens is 2. The van der Waals surface area contributed by atoms with Crippen LogP contribution in [0.3, 0.4) is 0 Å². The first-order valence-corrected chi connectivity index (χ1v) is 11.1. The monoisotopic (exact) mass is 519 g/mol. The van der Waals surface area contributed by atoms with Crippen molar-refractivity contribution in [2.75, 3.05) is 24.2 Å². The minimum absolute atomic E-state index is 0.228. The van der Waals surface area contributed by atoms with Gasteiger partial charge in [0.05, 0.1) is 22.9 Å². The molecule has 138 valence electrons. The molecule has 0 N–H and O–H groups in total. The highest BCUT2D eigenvalue weighted by Crippen LogP contribution is 2.32. The Kier molecular flexibility index (Phi) is 6.60. The second-order valence-electron chi connectivity index (χ2n) is 5.48. The summed E-state index contributed by atoms with van der Waals surface area (Å²) in [5.74, 6) is 0.281. The van der Waals surface area contributed by atoms with Gasteiger partial charge in [-0.1, -0.05) is 27.3 Å². The number of nitrogens with zero attached hydrogens (tertiary/aromatic N) is 3. The van der Waals surface area contributed by atoms with E-state index in [1.54, 1.807) is 25.0 Å². The summed E-state index contributed by atoms with van der Waals surface area (Å²) < 4.78 is 7.37. The third-order valence-electron chi connectivity index (χ3n) is 3.58. The second-order valence-corrected chi connectivity index (χ2v) is 9.95. The van der Waals surface area contributed by atoms with E-state index in [0.717, 1.165) is 13.2 Å². The first-order valence-electron chi connectivity index (χ1n) is 7.67. The van der Waals surface area contributed by atoms with Gasteiger partial charge in [0.2, 0.25) is 6.23 Å². The van der Waals surface area contributed by atoms with Crippen LogP contribution in [0.5, 0.6) is 0 Å². The van der Waals surface area contributed by atoms with E-state index in [9.17, 15) is 9.59 Å². The molecule has 26 heavy (non-hydrogen) atoms. The Morgan fingerprint density at radius 3 is 2.77 bits per heavy atom. The van der Waals surface area contributed by atoms with Crippen LogP contribution in [0.4, 0.5) is 9.93 Å². The van der Waals surface area contributed by atoms with Crippen molar-refractivity contribution in [3.8, 4) is 0 Å². The number of amides is 2. The number of aromatic nitrogens is 1. The molecule has 3 rings (SSSR count). The number of likely N-dealkylation sites (N-methyl/N-ethyl adjacent to an activating group) is 1. The van der Waals surface area contributed by atoms with Crippen LogP contribution in [0.1, 0.15) is 6.42 Å². The van der Waals surface area contributed by atoms with E-state index in [1.807, 2.05) is 24.3 Å². The lowest BCUT2D eigenvalue weighted by Gasteiger charge is -2.20. The molecule has 1 aliphatic rings. The predicted molar refractivity (Wildman–Crippen MR) is 110 cm³/mol. The number of benzene rings is 1.